The molecule has 0 unspecified atom stereocenters. The fourth-order valence-electron chi connectivity index (χ4n) is 2.50. The van der Waals surface area contributed by atoms with Crippen molar-refractivity contribution in [3.8, 4) is 0 Å². The van der Waals surface area contributed by atoms with Gasteiger partial charge in [0, 0.05) is 0 Å². The number of hydrogen-bond acceptors (Lipinski definition) is 2. The number of ketones is 1. The van der Waals surface area contributed by atoms with Gasteiger partial charge in [0.25, 0.3) is 0 Å². The van der Waals surface area contributed by atoms with E-state index in [-0.39, 0.29) is 0 Å². The average Bonchev–Trinajstić information content (AvgIpc) is 2.39. The van der Waals surface area contributed by atoms with Crippen molar-refractivity contribution >= 4 is 31.7 Å². The molecule has 114 valence electrons. The predicted molar refractivity (Wildman–Crippen MR) is 92.7 cm³/mol. The summed E-state index contributed by atoms with van der Waals surface area (Å²) in [5, 5.41) is 0. The van der Waals surface area contributed by atoms with Gasteiger partial charge in [0.15, 0.2) is 0 Å². The van der Waals surface area contributed by atoms with Crippen LogP contribution >= 0.6 is 8.95 Å². The van der Waals surface area contributed by atoms with E-state index in [0.29, 0.717) is 5.78 Å². The van der Waals surface area contributed by atoms with Crippen molar-refractivity contribution in [2.45, 2.75) is 86.0 Å². The summed E-state index contributed by atoms with van der Waals surface area (Å²) in [7, 11) is 2.31. The van der Waals surface area contributed by atoms with E-state index in [1.807, 2.05) is 0 Å². The molecule has 0 aromatic carbocycles. The number of rotatable bonds is 13. The molecule has 0 amide bonds. The fraction of sp³-hybridized carbons (Fsp3) is 0.938. The maximum atomic E-state index is 11.2. The Balaban J connectivity index is 4.51. The summed E-state index contributed by atoms with van der Waals surface area (Å²) < 4.78 is 4.65. The quantitative estimate of drug-likeness (QED) is 0.355. The van der Waals surface area contributed by atoms with Crippen molar-refractivity contribution < 1.29 is 4.79 Å². The van der Waals surface area contributed by atoms with Crippen molar-refractivity contribution in [1.82, 2.24) is 0 Å². The van der Waals surface area contributed by atoms with E-state index < -0.39 is 17.0 Å². The second-order valence-corrected chi connectivity index (χ2v) is 25.8. The molecule has 0 bridgehead atoms. The molecule has 0 aromatic heterocycles. The summed E-state index contributed by atoms with van der Waals surface area (Å²) in [6, 6.07) is 0. The summed E-state index contributed by atoms with van der Waals surface area (Å²) >= 11 is -1.99. The Bertz CT molecular complexity index is 209. The van der Waals surface area contributed by atoms with Gasteiger partial charge in [-0.15, -0.1) is 0 Å². The first-order valence-electron chi connectivity index (χ1n) is 8.23. The predicted octanol–water partition coefficient (Wildman–Crippen LogP) is 6.04. The van der Waals surface area contributed by atoms with Crippen LogP contribution in [-0.2, 0) is 4.79 Å². The van der Waals surface area contributed by atoms with Crippen LogP contribution in [0.1, 0.15) is 72.6 Å². The molecule has 0 N–H and O–H groups in total. The number of unbranched alkanes of at least 4 members (excludes halogenated alkanes) is 3. The van der Waals surface area contributed by atoms with Crippen LogP contribution in [0.15, 0.2) is 0 Å². The molecule has 0 rings (SSSR count). The van der Waals surface area contributed by atoms with Gasteiger partial charge in [0.05, 0.1) is 0 Å². The minimum atomic E-state index is -1.99. The van der Waals surface area contributed by atoms with E-state index in [0.717, 1.165) is 12.2 Å². The molecule has 0 fully saturated rings. The van der Waals surface area contributed by atoms with Gasteiger partial charge in [-0.3, -0.25) is 0 Å². The van der Waals surface area contributed by atoms with Crippen molar-refractivity contribution in [3.05, 3.63) is 0 Å². The molecule has 3 heteroatoms. The van der Waals surface area contributed by atoms with Crippen LogP contribution in [0, 0.1) is 0 Å². The number of carbonyl (C=O) groups excluding carboxylic acids is 1. The van der Waals surface area contributed by atoms with Crippen molar-refractivity contribution in [3.63, 3.8) is 0 Å². The molecule has 19 heavy (non-hydrogen) atoms. The third-order valence-electron chi connectivity index (χ3n) is 3.82. The van der Waals surface area contributed by atoms with Crippen molar-refractivity contribution in [2.24, 2.45) is 0 Å². The van der Waals surface area contributed by atoms with E-state index in [2.05, 4.69) is 29.7 Å². The molecule has 0 aromatic rings. The first-order valence-corrected chi connectivity index (χ1v) is 18.8. The van der Waals surface area contributed by atoms with Crippen LogP contribution in [0.2, 0.25) is 13.3 Å². The van der Waals surface area contributed by atoms with E-state index in [1.54, 1.807) is 20.2 Å². The monoisotopic (exact) mass is 394 g/mol. The summed E-state index contributed by atoms with van der Waals surface area (Å²) in [6.07, 6.45) is 9.09. The van der Waals surface area contributed by atoms with Crippen LogP contribution in [0.25, 0.3) is 0 Å². The fourth-order valence-corrected chi connectivity index (χ4v) is 25.6. The Morgan fingerprint density at radius 2 is 1.32 bits per heavy atom. The second kappa shape index (κ2) is 12.6. The molecular formula is C16H34OSSn. The van der Waals surface area contributed by atoms with Gasteiger partial charge in [-0.25, -0.2) is 0 Å². The Labute approximate surface area is 128 Å². The molecule has 0 aliphatic heterocycles. The summed E-state index contributed by atoms with van der Waals surface area (Å²) in [5.74, 6) is 1.48. The zero-order valence-corrected chi connectivity index (χ0v) is 17.3. The summed E-state index contributed by atoms with van der Waals surface area (Å²) in [6.45, 7) is 8.69. The molecule has 0 aliphatic carbocycles. The molecule has 0 spiro atoms. The van der Waals surface area contributed by atoms with E-state index in [4.69, 9.17) is 0 Å². The maximum absolute atomic E-state index is 11.2. The van der Waals surface area contributed by atoms with Crippen molar-refractivity contribution in [2.75, 3.05) is 5.75 Å². The third kappa shape index (κ3) is 10.2. The van der Waals surface area contributed by atoms with Gasteiger partial charge in [0.2, 0.25) is 0 Å². The topological polar surface area (TPSA) is 17.1 Å². The second-order valence-electron chi connectivity index (χ2n) is 5.79. The average molecular weight is 393 g/mol. The zero-order chi connectivity index (χ0) is 14.6. The van der Waals surface area contributed by atoms with Gasteiger partial charge >= 0.3 is 128 Å². The van der Waals surface area contributed by atoms with Gasteiger partial charge in [-0.1, -0.05) is 0 Å². The van der Waals surface area contributed by atoms with E-state index in [9.17, 15) is 4.79 Å². The number of Topliss-reactive ketones (excluding diaryl/α,β-unsaturated/α-hetero) is 1. The molecule has 0 atom stereocenters. The standard InChI is InChI=1S/C4H8OS.3C4H9.Sn/c1-4(5)2-3-6;3*1-3-4-2;/h6H,2-3H2,1H3;3*1,3-4H2,2H3;/q;;;;+1/p-1. The molecule has 0 radical (unpaired) electrons. The van der Waals surface area contributed by atoms with Crippen LogP contribution in [0.3, 0.4) is 0 Å². The van der Waals surface area contributed by atoms with E-state index >= 15 is 0 Å². The third-order valence-corrected chi connectivity index (χ3v) is 26.8. The van der Waals surface area contributed by atoms with Crippen molar-refractivity contribution in [1.29, 1.82) is 0 Å². The van der Waals surface area contributed by atoms with Gasteiger partial charge in [-0.2, -0.15) is 0 Å². The molecule has 0 saturated heterocycles. The SMILES string of the molecule is CCC[CH2][Sn]([CH2]CCC)([CH2]CCC)[S]CCC(C)=O. The summed E-state index contributed by atoms with van der Waals surface area (Å²) in [5.41, 5.74) is 0. The Morgan fingerprint density at radius 3 is 1.63 bits per heavy atom. The molecule has 1 nitrogen and oxygen atoms in total. The van der Waals surface area contributed by atoms with E-state index in [1.165, 1.54) is 38.5 Å². The number of hydrogen-bond donors (Lipinski definition) is 0. The molecule has 0 aliphatic rings. The first kappa shape index (κ1) is 19.8. The molecule has 0 heterocycles. The number of carbonyl (C=O) groups is 1. The normalized spacial score (nSPS) is 11.8. The van der Waals surface area contributed by atoms with Gasteiger partial charge in [-0.05, 0) is 0 Å². The van der Waals surface area contributed by atoms with Gasteiger partial charge in [0.1, 0.15) is 0 Å². The van der Waals surface area contributed by atoms with Gasteiger partial charge < -0.3 is 0 Å². The van der Waals surface area contributed by atoms with Crippen LogP contribution in [0.5, 0.6) is 0 Å². The Morgan fingerprint density at radius 1 is 0.895 bits per heavy atom. The van der Waals surface area contributed by atoms with Crippen LogP contribution < -0.4 is 0 Å². The molecule has 0 saturated carbocycles. The van der Waals surface area contributed by atoms with Crippen LogP contribution in [0.4, 0.5) is 0 Å². The zero-order valence-electron chi connectivity index (χ0n) is 13.6. The summed E-state index contributed by atoms with van der Waals surface area (Å²) in [4.78, 5) is 11.2. The first-order chi connectivity index (χ1) is 9.10. The Hall–Kier alpha value is 0.819. The minimum absolute atomic E-state index is 0.370. The van der Waals surface area contributed by atoms with Crippen LogP contribution in [-0.4, -0.2) is 28.5 Å². The Kier molecular flexibility index (Phi) is 13.1. The molecular weight excluding hydrogens is 359 g/mol.